The molecular formula is C12H17N3O3. The van der Waals surface area contributed by atoms with Gasteiger partial charge in [0, 0.05) is 30.4 Å². The van der Waals surface area contributed by atoms with Crippen LogP contribution >= 0.6 is 0 Å². The van der Waals surface area contributed by atoms with Crippen molar-refractivity contribution in [2.24, 2.45) is 0 Å². The van der Waals surface area contributed by atoms with Gasteiger partial charge in [-0.1, -0.05) is 0 Å². The zero-order chi connectivity index (χ0) is 13.0. The van der Waals surface area contributed by atoms with E-state index in [2.05, 4.69) is 10.6 Å². The van der Waals surface area contributed by atoms with E-state index in [1.54, 1.807) is 12.1 Å². The standard InChI is InChI=1S/C12H17N3O3/c1-18-12-7-9(4-5-11(12)15(16)17)14-8-10-3-2-6-13-10/h4-5,7,10,13-14H,2-3,6,8H2,1H3. The third kappa shape index (κ3) is 2.89. The molecule has 0 radical (unpaired) electrons. The van der Waals surface area contributed by atoms with Crippen LogP contribution < -0.4 is 15.4 Å². The number of nitrogens with zero attached hydrogens (tertiary/aromatic N) is 1. The van der Waals surface area contributed by atoms with Gasteiger partial charge in [0.05, 0.1) is 12.0 Å². The second kappa shape index (κ2) is 5.68. The van der Waals surface area contributed by atoms with E-state index in [0.717, 1.165) is 25.2 Å². The van der Waals surface area contributed by atoms with Gasteiger partial charge in [-0.05, 0) is 25.5 Å². The molecule has 1 heterocycles. The Labute approximate surface area is 105 Å². The molecule has 0 saturated carbocycles. The lowest BCUT2D eigenvalue weighted by Gasteiger charge is -2.13. The summed E-state index contributed by atoms with van der Waals surface area (Å²) in [6, 6.07) is 5.30. The first kappa shape index (κ1) is 12.6. The zero-order valence-corrected chi connectivity index (χ0v) is 10.3. The highest BCUT2D eigenvalue weighted by molar-refractivity contribution is 5.58. The molecule has 0 aliphatic carbocycles. The van der Waals surface area contributed by atoms with E-state index in [0.29, 0.717) is 6.04 Å². The molecule has 6 heteroatoms. The average Bonchev–Trinajstić information content (AvgIpc) is 2.88. The predicted octanol–water partition coefficient (Wildman–Crippen LogP) is 1.77. The van der Waals surface area contributed by atoms with Gasteiger partial charge in [-0.3, -0.25) is 10.1 Å². The van der Waals surface area contributed by atoms with Crippen LogP contribution in [0, 0.1) is 10.1 Å². The minimum Gasteiger partial charge on any atom is -0.490 e. The molecule has 2 N–H and O–H groups in total. The summed E-state index contributed by atoms with van der Waals surface area (Å²) in [5.74, 6) is 0.282. The molecule has 6 nitrogen and oxygen atoms in total. The van der Waals surface area contributed by atoms with Gasteiger partial charge >= 0.3 is 5.69 Å². The van der Waals surface area contributed by atoms with Crippen molar-refractivity contribution in [3.63, 3.8) is 0 Å². The van der Waals surface area contributed by atoms with Crippen LogP contribution in [-0.4, -0.2) is 31.2 Å². The summed E-state index contributed by atoms with van der Waals surface area (Å²) in [7, 11) is 1.44. The number of rotatable bonds is 5. The van der Waals surface area contributed by atoms with Crippen molar-refractivity contribution >= 4 is 11.4 Å². The highest BCUT2D eigenvalue weighted by Gasteiger charge is 2.16. The van der Waals surface area contributed by atoms with E-state index in [9.17, 15) is 10.1 Å². The summed E-state index contributed by atoms with van der Waals surface area (Å²) >= 11 is 0. The number of nitrogens with one attached hydrogen (secondary N) is 2. The quantitative estimate of drug-likeness (QED) is 0.616. The first-order valence-corrected chi connectivity index (χ1v) is 6.00. The van der Waals surface area contributed by atoms with Crippen LogP contribution in [0.1, 0.15) is 12.8 Å². The molecule has 0 amide bonds. The number of ether oxygens (including phenoxy) is 1. The second-order valence-electron chi connectivity index (χ2n) is 4.32. The van der Waals surface area contributed by atoms with Gasteiger partial charge in [0.2, 0.25) is 0 Å². The molecule has 1 fully saturated rings. The first-order chi connectivity index (χ1) is 8.70. The van der Waals surface area contributed by atoms with Crippen molar-refractivity contribution in [1.82, 2.24) is 5.32 Å². The van der Waals surface area contributed by atoms with E-state index in [-0.39, 0.29) is 11.4 Å². The Kier molecular flexibility index (Phi) is 3.99. The molecular weight excluding hydrogens is 234 g/mol. The van der Waals surface area contributed by atoms with Crippen LogP contribution in [0.5, 0.6) is 5.75 Å². The molecule has 1 saturated heterocycles. The Morgan fingerprint density at radius 2 is 2.44 bits per heavy atom. The van der Waals surface area contributed by atoms with E-state index < -0.39 is 4.92 Å². The van der Waals surface area contributed by atoms with Crippen LogP contribution in [0.25, 0.3) is 0 Å². The molecule has 18 heavy (non-hydrogen) atoms. The van der Waals surface area contributed by atoms with Crippen molar-refractivity contribution < 1.29 is 9.66 Å². The Hall–Kier alpha value is -1.82. The predicted molar refractivity (Wildman–Crippen MR) is 69.2 cm³/mol. The maximum Gasteiger partial charge on any atom is 0.311 e. The van der Waals surface area contributed by atoms with E-state index in [1.807, 2.05) is 0 Å². The number of hydrogen-bond donors (Lipinski definition) is 2. The minimum atomic E-state index is -0.443. The summed E-state index contributed by atoms with van der Waals surface area (Å²) in [5.41, 5.74) is 0.827. The number of hydrogen-bond acceptors (Lipinski definition) is 5. The second-order valence-corrected chi connectivity index (χ2v) is 4.32. The normalized spacial score (nSPS) is 18.6. The van der Waals surface area contributed by atoms with E-state index in [4.69, 9.17) is 4.74 Å². The molecule has 1 unspecified atom stereocenters. The number of benzene rings is 1. The van der Waals surface area contributed by atoms with Gasteiger partial charge in [-0.2, -0.15) is 0 Å². The Morgan fingerprint density at radius 3 is 3.06 bits per heavy atom. The number of nitro groups is 1. The molecule has 2 rings (SSSR count). The summed E-state index contributed by atoms with van der Waals surface area (Å²) in [4.78, 5) is 10.3. The van der Waals surface area contributed by atoms with Gasteiger partial charge in [-0.25, -0.2) is 0 Å². The van der Waals surface area contributed by atoms with E-state index >= 15 is 0 Å². The Bertz CT molecular complexity index is 431. The third-order valence-corrected chi connectivity index (χ3v) is 3.09. The molecule has 0 bridgehead atoms. The first-order valence-electron chi connectivity index (χ1n) is 6.00. The lowest BCUT2D eigenvalue weighted by atomic mass is 10.2. The summed E-state index contributed by atoms with van der Waals surface area (Å²) in [5, 5.41) is 17.4. The summed E-state index contributed by atoms with van der Waals surface area (Å²) < 4.78 is 5.02. The van der Waals surface area contributed by atoms with E-state index in [1.165, 1.54) is 19.6 Å². The third-order valence-electron chi connectivity index (χ3n) is 3.09. The van der Waals surface area contributed by atoms with Crippen molar-refractivity contribution in [2.45, 2.75) is 18.9 Å². The zero-order valence-electron chi connectivity index (χ0n) is 10.3. The lowest BCUT2D eigenvalue weighted by Crippen LogP contribution is -2.29. The lowest BCUT2D eigenvalue weighted by molar-refractivity contribution is -0.385. The molecule has 0 spiro atoms. The van der Waals surface area contributed by atoms with Crippen molar-refractivity contribution in [3.05, 3.63) is 28.3 Å². The molecule has 1 aromatic carbocycles. The van der Waals surface area contributed by atoms with Gasteiger partial charge < -0.3 is 15.4 Å². The monoisotopic (exact) mass is 251 g/mol. The molecule has 1 atom stereocenters. The van der Waals surface area contributed by atoms with Gasteiger partial charge in [0.1, 0.15) is 0 Å². The van der Waals surface area contributed by atoms with Crippen molar-refractivity contribution in [3.8, 4) is 5.75 Å². The SMILES string of the molecule is COc1cc(NCC2CCCN2)ccc1[N+](=O)[O-]. The fourth-order valence-corrected chi connectivity index (χ4v) is 2.11. The van der Waals surface area contributed by atoms with Crippen molar-refractivity contribution in [1.29, 1.82) is 0 Å². The van der Waals surface area contributed by atoms with Crippen LogP contribution in [0.4, 0.5) is 11.4 Å². The topological polar surface area (TPSA) is 76.4 Å². The van der Waals surface area contributed by atoms with Gasteiger partial charge in [0.15, 0.2) is 5.75 Å². The molecule has 98 valence electrons. The summed E-state index contributed by atoms with van der Waals surface area (Å²) in [6.07, 6.45) is 2.37. The molecule has 1 aromatic rings. The molecule has 1 aliphatic rings. The molecule has 0 aromatic heterocycles. The van der Waals surface area contributed by atoms with Crippen LogP contribution in [-0.2, 0) is 0 Å². The Balaban J connectivity index is 2.02. The van der Waals surface area contributed by atoms with Crippen LogP contribution in [0.3, 0.4) is 0 Å². The largest absolute Gasteiger partial charge is 0.490 e. The maximum atomic E-state index is 10.8. The molecule has 1 aliphatic heterocycles. The van der Waals surface area contributed by atoms with Crippen LogP contribution in [0.2, 0.25) is 0 Å². The van der Waals surface area contributed by atoms with Gasteiger partial charge in [-0.15, -0.1) is 0 Å². The maximum absolute atomic E-state index is 10.8. The smallest absolute Gasteiger partial charge is 0.311 e. The number of methoxy groups -OCH3 is 1. The fraction of sp³-hybridized carbons (Fsp3) is 0.500. The highest BCUT2D eigenvalue weighted by atomic mass is 16.6. The van der Waals surface area contributed by atoms with Crippen molar-refractivity contribution in [2.75, 3.05) is 25.5 Å². The Morgan fingerprint density at radius 1 is 1.61 bits per heavy atom. The van der Waals surface area contributed by atoms with Crippen LogP contribution in [0.15, 0.2) is 18.2 Å². The fourth-order valence-electron chi connectivity index (χ4n) is 2.11. The minimum absolute atomic E-state index is 0.0120. The highest BCUT2D eigenvalue weighted by Crippen LogP contribution is 2.29. The number of nitro benzene ring substituents is 1. The average molecular weight is 251 g/mol. The summed E-state index contributed by atoms with van der Waals surface area (Å²) in [6.45, 7) is 1.89. The van der Waals surface area contributed by atoms with Gasteiger partial charge in [0.25, 0.3) is 0 Å². The number of anilines is 1.